The summed E-state index contributed by atoms with van der Waals surface area (Å²) in [4.78, 5) is 0. The van der Waals surface area contributed by atoms with E-state index in [1.54, 1.807) is 0 Å². The third kappa shape index (κ3) is 4.31. The van der Waals surface area contributed by atoms with E-state index in [2.05, 4.69) is 81.9 Å². The van der Waals surface area contributed by atoms with Crippen LogP contribution in [0, 0.1) is 34.0 Å². The van der Waals surface area contributed by atoms with Gasteiger partial charge in [0.2, 0.25) is 0 Å². The van der Waals surface area contributed by atoms with E-state index in [1.807, 2.05) is 97.1 Å². The minimum Gasteiger partial charge on any atom is -0.309 e. The monoisotopic (exact) mass is 635 g/mol. The fourth-order valence-corrected chi connectivity index (χ4v) is 7.45. The van der Waals surface area contributed by atoms with Crippen LogP contribution in [0.2, 0.25) is 0 Å². The molecule has 0 aliphatic carbocycles. The molecule has 9 rings (SSSR count). The van der Waals surface area contributed by atoms with Gasteiger partial charge in [-0.2, -0.15) is 15.8 Å². The average Bonchev–Trinajstić information content (AvgIpc) is 3.70. The van der Waals surface area contributed by atoms with Gasteiger partial charge in [-0.3, -0.25) is 0 Å². The third-order valence-corrected chi connectivity index (χ3v) is 9.64. The molecule has 0 N–H and O–H groups in total. The first-order valence-corrected chi connectivity index (χ1v) is 16.3. The lowest BCUT2D eigenvalue weighted by Crippen LogP contribution is -2.00. The number of rotatable bonds is 4. The molecule has 0 unspecified atom stereocenters. The van der Waals surface area contributed by atoms with Crippen molar-refractivity contribution in [1.82, 2.24) is 9.13 Å². The van der Waals surface area contributed by atoms with E-state index >= 15 is 0 Å². The molecule has 2 heterocycles. The molecule has 230 valence electrons. The van der Waals surface area contributed by atoms with Crippen LogP contribution in [-0.4, -0.2) is 9.13 Å². The second-order valence-corrected chi connectivity index (χ2v) is 12.3. The summed E-state index contributed by atoms with van der Waals surface area (Å²) in [6.07, 6.45) is 0. The lowest BCUT2D eigenvalue weighted by Gasteiger charge is -2.18. The van der Waals surface area contributed by atoms with Crippen LogP contribution in [0.3, 0.4) is 0 Å². The van der Waals surface area contributed by atoms with Gasteiger partial charge in [0.15, 0.2) is 0 Å². The second kappa shape index (κ2) is 11.4. The van der Waals surface area contributed by atoms with Gasteiger partial charge in [0.1, 0.15) is 6.07 Å². The predicted molar refractivity (Wildman–Crippen MR) is 200 cm³/mol. The maximum Gasteiger partial charge on any atom is 0.101 e. The highest BCUT2D eigenvalue weighted by Crippen LogP contribution is 2.41. The molecule has 0 aliphatic heterocycles. The summed E-state index contributed by atoms with van der Waals surface area (Å²) in [6, 6.07) is 57.7. The standard InChI is InChI=1S/C45H25N5/c46-26-29-17-21-33(34-9-1-5-13-40(34)49-43-16-8-4-12-37(43)39-24-30(27-47)18-22-44(39)49)38(23-29)31-19-20-32(28-48)45(25-31)50-41-14-6-2-10-35(41)36-11-3-7-15-42(36)50/h1-25H. The number of benzene rings is 7. The maximum absolute atomic E-state index is 10.4. The SMILES string of the molecule is N#Cc1ccc(-c2ccccc2-n2c3ccccc3c3cc(C#N)ccc32)c(-c2ccc(C#N)c(-n3c4ccccc4c4ccccc43)c2)c1. The van der Waals surface area contributed by atoms with E-state index in [0.717, 1.165) is 77.2 Å². The fraction of sp³-hybridized carbons (Fsp3) is 0. The van der Waals surface area contributed by atoms with E-state index in [4.69, 9.17) is 0 Å². The average molecular weight is 636 g/mol. The van der Waals surface area contributed by atoms with Crippen molar-refractivity contribution in [2.24, 2.45) is 0 Å². The first-order chi connectivity index (χ1) is 24.7. The Balaban J connectivity index is 1.31. The zero-order valence-corrected chi connectivity index (χ0v) is 26.7. The molecule has 0 fully saturated rings. The molecular weight excluding hydrogens is 611 g/mol. The minimum absolute atomic E-state index is 0.546. The van der Waals surface area contributed by atoms with Gasteiger partial charge in [-0.1, -0.05) is 84.9 Å². The Kier molecular flexibility index (Phi) is 6.56. The van der Waals surface area contributed by atoms with Crippen LogP contribution in [-0.2, 0) is 0 Å². The van der Waals surface area contributed by atoms with Crippen LogP contribution in [0.5, 0.6) is 0 Å². The zero-order chi connectivity index (χ0) is 33.8. The van der Waals surface area contributed by atoms with Gasteiger partial charge < -0.3 is 9.13 Å². The molecule has 0 radical (unpaired) electrons. The van der Waals surface area contributed by atoms with Gasteiger partial charge in [0.05, 0.1) is 62.3 Å². The molecule has 0 saturated heterocycles. The molecule has 5 nitrogen and oxygen atoms in total. The summed E-state index contributed by atoms with van der Waals surface area (Å²) in [5.74, 6) is 0. The van der Waals surface area contributed by atoms with Crippen molar-refractivity contribution in [3.8, 4) is 51.8 Å². The van der Waals surface area contributed by atoms with Gasteiger partial charge in [-0.25, -0.2) is 0 Å². The summed E-state index contributed by atoms with van der Waals surface area (Å²) >= 11 is 0. The summed E-state index contributed by atoms with van der Waals surface area (Å²) in [5, 5.41) is 34.4. The Labute approximate surface area is 287 Å². The first kappa shape index (κ1) is 28.8. The van der Waals surface area contributed by atoms with Crippen molar-refractivity contribution in [1.29, 1.82) is 15.8 Å². The van der Waals surface area contributed by atoms with E-state index < -0.39 is 0 Å². The molecule has 7 aromatic carbocycles. The predicted octanol–water partition coefficient (Wildman–Crippen LogP) is 10.8. The topological polar surface area (TPSA) is 81.2 Å². The number of hydrogen-bond acceptors (Lipinski definition) is 3. The van der Waals surface area contributed by atoms with Crippen molar-refractivity contribution < 1.29 is 0 Å². The lowest BCUT2D eigenvalue weighted by atomic mass is 9.91. The molecule has 0 aliphatic rings. The van der Waals surface area contributed by atoms with Crippen LogP contribution in [0.25, 0.3) is 77.2 Å². The van der Waals surface area contributed by atoms with Crippen LogP contribution < -0.4 is 0 Å². The number of aromatic nitrogens is 2. The second-order valence-electron chi connectivity index (χ2n) is 12.3. The zero-order valence-electron chi connectivity index (χ0n) is 26.7. The Morgan fingerprint density at radius 1 is 0.360 bits per heavy atom. The summed E-state index contributed by atoms with van der Waals surface area (Å²) in [5.41, 5.74) is 11.3. The quantitative estimate of drug-likeness (QED) is 0.193. The Morgan fingerprint density at radius 3 is 1.56 bits per heavy atom. The highest BCUT2D eigenvalue weighted by Gasteiger charge is 2.20. The van der Waals surface area contributed by atoms with E-state index in [9.17, 15) is 15.8 Å². The number of para-hydroxylation sites is 4. The van der Waals surface area contributed by atoms with E-state index in [1.165, 1.54) is 0 Å². The van der Waals surface area contributed by atoms with Crippen LogP contribution in [0.15, 0.2) is 152 Å². The van der Waals surface area contributed by atoms with E-state index in [0.29, 0.717) is 16.7 Å². The Hall–Kier alpha value is -7.39. The van der Waals surface area contributed by atoms with E-state index in [-0.39, 0.29) is 0 Å². The van der Waals surface area contributed by atoms with Crippen molar-refractivity contribution in [2.45, 2.75) is 0 Å². The molecule has 0 bridgehead atoms. The number of fused-ring (bicyclic) bond motifs is 6. The van der Waals surface area contributed by atoms with Crippen LogP contribution >= 0.6 is 0 Å². The van der Waals surface area contributed by atoms with Gasteiger partial charge >= 0.3 is 0 Å². The molecular formula is C45H25N5. The number of nitriles is 3. The molecule has 0 atom stereocenters. The minimum atomic E-state index is 0.546. The van der Waals surface area contributed by atoms with Crippen molar-refractivity contribution in [2.75, 3.05) is 0 Å². The van der Waals surface area contributed by atoms with Crippen LogP contribution in [0.4, 0.5) is 0 Å². The first-order valence-electron chi connectivity index (χ1n) is 16.3. The smallest absolute Gasteiger partial charge is 0.101 e. The van der Waals surface area contributed by atoms with Crippen molar-refractivity contribution >= 4 is 43.6 Å². The highest BCUT2D eigenvalue weighted by molar-refractivity contribution is 6.11. The number of hydrogen-bond donors (Lipinski definition) is 0. The third-order valence-electron chi connectivity index (χ3n) is 9.64. The fourth-order valence-electron chi connectivity index (χ4n) is 7.45. The van der Waals surface area contributed by atoms with Gasteiger partial charge in [-0.15, -0.1) is 0 Å². The lowest BCUT2D eigenvalue weighted by molar-refractivity contribution is 1.17. The summed E-state index contributed by atoms with van der Waals surface area (Å²) in [6.45, 7) is 0. The van der Waals surface area contributed by atoms with Crippen molar-refractivity contribution in [3.63, 3.8) is 0 Å². The Morgan fingerprint density at radius 2 is 0.900 bits per heavy atom. The molecule has 50 heavy (non-hydrogen) atoms. The summed E-state index contributed by atoms with van der Waals surface area (Å²) in [7, 11) is 0. The van der Waals surface area contributed by atoms with Crippen LogP contribution in [0.1, 0.15) is 16.7 Å². The maximum atomic E-state index is 10.4. The van der Waals surface area contributed by atoms with Gasteiger partial charge in [0, 0.05) is 27.1 Å². The molecule has 0 spiro atoms. The van der Waals surface area contributed by atoms with Crippen molar-refractivity contribution in [3.05, 3.63) is 168 Å². The van der Waals surface area contributed by atoms with Gasteiger partial charge in [0.25, 0.3) is 0 Å². The molecule has 0 saturated carbocycles. The largest absolute Gasteiger partial charge is 0.309 e. The van der Waals surface area contributed by atoms with Gasteiger partial charge in [-0.05, 0) is 83.4 Å². The normalized spacial score (nSPS) is 11.1. The molecule has 5 heteroatoms. The molecule has 0 amide bonds. The highest BCUT2D eigenvalue weighted by atomic mass is 15.0. The molecule has 2 aromatic heterocycles. The molecule has 9 aromatic rings. The summed E-state index contributed by atoms with van der Waals surface area (Å²) < 4.78 is 4.42. The number of nitrogens with zero attached hydrogens (tertiary/aromatic N) is 5. The Bertz CT molecular complexity index is 2920.